The number of nitrogens with zero attached hydrogens (tertiary/aromatic N) is 4. The number of piperidine rings is 1. The number of rotatable bonds is 5. The zero-order chi connectivity index (χ0) is 20.1. The number of morpholine rings is 1. The van der Waals surface area contributed by atoms with Crippen LogP contribution < -0.4 is 9.80 Å². The smallest absolute Gasteiger partial charge is 0.257 e. The first-order valence-electron chi connectivity index (χ1n) is 10.6. The molecule has 0 N–H and O–H groups in total. The summed E-state index contributed by atoms with van der Waals surface area (Å²) in [4.78, 5) is 24.2. The van der Waals surface area contributed by atoms with Gasteiger partial charge in [0.2, 0.25) is 0 Å². The normalized spacial score (nSPS) is 17.3. The van der Waals surface area contributed by atoms with Crippen LogP contribution in [0.2, 0.25) is 0 Å². The van der Waals surface area contributed by atoms with E-state index in [9.17, 15) is 4.79 Å². The van der Waals surface area contributed by atoms with Gasteiger partial charge in [0.1, 0.15) is 5.82 Å². The van der Waals surface area contributed by atoms with E-state index in [1.165, 1.54) is 30.5 Å². The minimum Gasteiger partial charge on any atom is -0.378 e. The van der Waals surface area contributed by atoms with Crippen molar-refractivity contribution in [2.45, 2.75) is 25.8 Å². The lowest BCUT2D eigenvalue weighted by molar-refractivity contribution is 0.0784. The van der Waals surface area contributed by atoms with Crippen molar-refractivity contribution >= 4 is 17.4 Å². The molecule has 3 heterocycles. The number of carbonyl (C=O) groups is 1. The second kappa shape index (κ2) is 9.27. The fourth-order valence-corrected chi connectivity index (χ4v) is 4.21. The predicted molar refractivity (Wildman–Crippen MR) is 116 cm³/mol. The number of para-hydroxylation sites is 1. The molecule has 0 saturated carbocycles. The first kappa shape index (κ1) is 19.7. The number of aromatic nitrogens is 1. The molecule has 29 heavy (non-hydrogen) atoms. The van der Waals surface area contributed by atoms with Crippen LogP contribution in [0.4, 0.5) is 11.5 Å². The lowest BCUT2D eigenvalue weighted by Crippen LogP contribution is -2.38. The highest BCUT2D eigenvalue weighted by Gasteiger charge is 2.23. The number of anilines is 2. The third kappa shape index (κ3) is 4.53. The van der Waals surface area contributed by atoms with Crippen LogP contribution in [0.5, 0.6) is 0 Å². The summed E-state index contributed by atoms with van der Waals surface area (Å²) < 4.78 is 5.45. The molecule has 6 heteroatoms. The Balaban J connectivity index is 1.53. The van der Waals surface area contributed by atoms with Gasteiger partial charge in [-0.3, -0.25) is 4.79 Å². The van der Waals surface area contributed by atoms with Crippen molar-refractivity contribution in [1.29, 1.82) is 0 Å². The van der Waals surface area contributed by atoms with Gasteiger partial charge >= 0.3 is 0 Å². The molecule has 0 radical (unpaired) electrons. The minimum atomic E-state index is 0.00744. The van der Waals surface area contributed by atoms with Crippen molar-refractivity contribution in [2.24, 2.45) is 0 Å². The van der Waals surface area contributed by atoms with Crippen molar-refractivity contribution in [3.05, 3.63) is 53.7 Å². The van der Waals surface area contributed by atoms with Gasteiger partial charge in [0.05, 0.1) is 18.8 Å². The molecule has 0 atom stereocenters. The van der Waals surface area contributed by atoms with Crippen molar-refractivity contribution in [3.63, 3.8) is 0 Å². The van der Waals surface area contributed by atoms with Gasteiger partial charge in [-0.05, 0) is 43.0 Å². The summed E-state index contributed by atoms with van der Waals surface area (Å²) in [5.74, 6) is 0.769. The Labute approximate surface area is 173 Å². The molecular formula is C23H30N4O2. The van der Waals surface area contributed by atoms with E-state index in [-0.39, 0.29) is 5.91 Å². The van der Waals surface area contributed by atoms with Crippen molar-refractivity contribution < 1.29 is 9.53 Å². The third-order valence-corrected chi connectivity index (χ3v) is 5.77. The molecule has 0 spiro atoms. The molecule has 6 nitrogen and oxygen atoms in total. The van der Waals surface area contributed by atoms with Crippen LogP contribution >= 0.6 is 0 Å². The lowest BCUT2D eigenvalue weighted by atomic mass is 10.1. The molecule has 2 aromatic rings. The van der Waals surface area contributed by atoms with E-state index in [2.05, 4.69) is 39.0 Å². The highest BCUT2D eigenvalue weighted by molar-refractivity contribution is 5.98. The predicted octanol–water partition coefficient (Wildman–Crippen LogP) is 3.18. The Kier molecular flexibility index (Phi) is 6.30. The summed E-state index contributed by atoms with van der Waals surface area (Å²) in [5, 5.41) is 0. The molecule has 2 saturated heterocycles. The molecule has 2 fully saturated rings. The van der Waals surface area contributed by atoms with Gasteiger partial charge in [0.15, 0.2) is 0 Å². The number of carbonyl (C=O) groups excluding carboxylic acids is 1. The molecule has 1 aromatic carbocycles. The number of hydrogen-bond donors (Lipinski definition) is 0. The van der Waals surface area contributed by atoms with Crippen LogP contribution in [0, 0.1) is 0 Å². The quantitative estimate of drug-likeness (QED) is 0.780. The fraction of sp³-hybridized carbons (Fsp3) is 0.478. The Morgan fingerprint density at radius 1 is 1.00 bits per heavy atom. The summed E-state index contributed by atoms with van der Waals surface area (Å²) in [6.07, 6.45) is 5.54. The zero-order valence-electron chi connectivity index (χ0n) is 17.2. The molecular weight excluding hydrogens is 364 g/mol. The largest absolute Gasteiger partial charge is 0.378 e. The highest BCUT2D eigenvalue weighted by Crippen LogP contribution is 2.26. The maximum atomic E-state index is 13.3. The number of benzene rings is 1. The molecule has 0 aliphatic carbocycles. The molecule has 1 amide bonds. The Hall–Kier alpha value is -2.60. The highest BCUT2D eigenvalue weighted by atomic mass is 16.5. The van der Waals surface area contributed by atoms with E-state index in [0.717, 1.165) is 32.0 Å². The molecule has 154 valence electrons. The van der Waals surface area contributed by atoms with Crippen molar-refractivity contribution in [1.82, 2.24) is 9.88 Å². The Morgan fingerprint density at radius 2 is 1.76 bits per heavy atom. The van der Waals surface area contributed by atoms with Crippen molar-refractivity contribution in [3.8, 4) is 0 Å². The van der Waals surface area contributed by atoms with Crippen LogP contribution in [-0.2, 0) is 11.3 Å². The molecule has 4 rings (SSSR count). The number of hydrogen-bond acceptors (Lipinski definition) is 5. The van der Waals surface area contributed by atoms with Crippen LogP contribution in [0.15, 0.2) is 42.6 Å². The maximum Gasteiger partial charge on any atom is 0.257 e. The summed E-state index contributed by atoms with van der Waals surface area (Å²) in [5.41, 5.74) is 3.11. The summed E-state index contributed by atoms with van der Waals surface area (Å²) in [6, 6.07) is 12.2. The van der Waals surface area contributed by atoms with E-state index in [1.54, 1.807) is 6.20 Å². The summed E-state index contributed by atoms with van der Waals surface area (Å²) >= 11 is 0. The minimum absolute atomic E-state index is 0.00744. The van der Waals surface area contributed by atoms with E-state index in [4.69, 9.17) is 4.74 Å². The fourth-order valence-electron chi connectivity index (χ4n) is 4.21. The second-order valence-corrected chi connectivity index (χ2v) is 7.81. The van der Waals surface area contributed by atoms with Gasteiger partial charge in [-0.1, -0.05) is 18.2 Å². The van der Waals surface area contributed by atoms with Gasteiger partial charge in [-0.25, -0.2) is 4.98 Å². The van der Waals surface area contributed by atoms with E-state index >= 15 is 0 Å². The number of amides is 1. The molecule has 0 unspecified atom stereocenters. The van der Waals surface area contributed by atoms with Gasteiger partial charge < -0.3 is 19.4 Å². The standard InChI is InChI=1S/C23H30N4O2/c1-25(18-19-8-3-4-10-21(19)26-12-5-2-6-13-26)23(28)20-9-7-11-24-22(20)27-14-16-29-17-15-27/h3-4,7-11H,2,5-6,12-18H2,1H3. The average Bonchev–Trinajstić information content (AvgIpc) is 2.80. The summed E-state index contributed by atoms with van der Waals surface area (Å²) in [6.45, 7) is 5.64. The molecule has 1 aromatic heterocycles. The first-order chi connectivity index (χ1) is 14.2. The maximum absolute atomic E-state index is 13.3. The van der Waals surface area contributed by atoms with Crippen LogP contribution in [0.3, 0.4) is 0 Å². The molecule has 0 bridgehead atoms. The first-order valence-corrected chi connectivity index (χ1v) is 10.6. The average molecular weight is 395 g/mol. The monoisotopic (exact) mass is 394 g/mol. The number of pyridine rings is 1. The van der Waals surface area contributed by atoms with Crippen LogP contribution in [-0.4, -0.2) is 62.2 Å². The van der Waals surface area contributed by atoms with E-state index < -0.39 is 0 Å². The van der Waals surface area contributed by atoms with Gasteiger partial charge in [0, 0.05) is 51.7 Å². The van der Waals surface area contributed by atoms with Gasteiger partial charge in [0.25, 0.3) is 5.91 Å². The third-order valence-electron chi connectivity index (χ3n) is 5.77. The number of ether oxygens (including phenoxy) is 1. The Morgan fingerprint density at radius 3 is 2.55 bits per heavy atom. The SMILES string of the molecule is CN(Cc1ccccc1N1CCCCC1)C(=O)c1cccnc1N1CCOCC1. The van der Waals surface area contributed by atoms with Gasteiger partial charge in [-0.2, -0.15) is 0 Å². The Bertz CT molecular complexity index is 829. The van der Waals surface area contributed by atoms with E-state index in [1.807, 2.05) is 24.1 Å². The molecule has 2 aliphatic rings. The van der Waals surface area contributed by atoms with Crippen molar-refractivity contribution in [2.75, 3.05) is 56.2 Å². The zero-order valence-corrected chi connectivity index (χ0v) is 17.2. The topological polar surface area (TPSA) is 48.9 Å². The molecule has 2 aliphatic heterocycles. The summed E-state index contributed by atoms with van der Waals surface area (Å²) in [7, 11) is 1.88. The van der Waals surface area contributed by atoms with Crippen LogP contribution in [0.1, 0.15) is 35.2 Å². The van der Waals surface area contributed by atoms with E-state index in [0.29, 0.717) is 25.3 Å². The van der Waals surface area contributed by atoms with Gasteiger partial charge in [-0.15, -0.1) is 0 Å². The lowest BCUT2D eigenvalue weighted by Gasteiger charge is -2.32. The van der Waals surface area contributed by atoms with Crippen LogP contribution in [0.25, 0.3) is 0 Å². The second-order valence-electron chi connectivity index (χ2n) is 7.81.